The van der Waals surface area contributed by atoms with E-state index in [0.29, 0.717) is 33.5 Å². The second kappa shape index (κ2) is 7.52. The summed E-state index contributed by atoms with van der Waals surface area (Å²) in [4.78, 5) is 12.8. The van der Waals surface area contributed by atoms with Crippen LogP contribution in [0.25, 0.3) is 0 Å². The second-order valence-corrected chi connectivity index (χ2v) is 7.03. The monoisotopic (exact) mass is 387 g/mol. The molecule has 0 aliphatic rings. The number of nitrogens with one attached hydrogen (secondary N) is 1. The molecule has 3 rings (SSSR count). The van der Waals surface area contributed by atoms with Crippen LogP contribution in [0.3, 0.4) is 0 Å². The van der Waals surface area contributed by atoms with Crippen LogP contribution in [0.2, 0.25) is 10.0 Å². The lowest BCUT2D eigenvalue weighted by molar-refractivity contribution is 0.102. The van der Waals surface area contributed by atoms with Gasteiger partial charge in [-0.05, 0) is 50.1 Å². The molecule has 1 aromatic heterocycles. The van der Waals surface area contributed by atoms with E-state index < -0.39 is 0 Å². The maximum absolute atomic E-state index is 12.8. The van der Waals surface area contributed by atoms with Crippen molar-refractivity contribution in [3.05, 3.63) is 80.6 Å². The van der Waals surface area contributed by atoms with Crippen molar-refractivity contribution < 1.29 is 4.79 Å². The first-order valence-electron chi connectivity index (χ1n) is 8.21. The van der Waals surface area contributed by atoms with Crippen LogP contribution < -0.4 is 5.32 Å². The molecule has 0 aliphatic heterocycles. The van der Waals surface area contributed by atoms with E-state index in [-0.39, 0.29) is 5.91 Å². The molecule has 0 radical (unpaired) electrons. The van der Waals surface area contributed by atoms with E-state index in [9.17, 15) is 4.79 Å². The van der Waals surface area contributed by atoms with Crippen molar-refractivity contribution >= 4 is 34.8 Å². The lowest BCUT2D eigenvalue weighted by Crippen LogP contribution is -2.14. The predicted molar refractivity (Wildman–Crippen MR) is 106 cm³/mol. The quantitative estimate of drug-likeness (QED) is 0.649. The fourth-order valence-electron chi connectivity index (χ4n) is 2.83. The summed E-state index contributed by atoms with van der Waals surface area (Å²) in [5.74, 6) is -0.203. The summed E-state index contributed by atoms with van der Waals surface area (Å²) in [6.45, 7) is 6.14. The molecule has 6 heteroatoms. The molecule has 0 spiro atoms. The van der Waals surface area contributed by atoms with Gasteiger partial charge in [0.15, 0.2) is 0 Å². The second-order valence-electron chi connectivity index (χ2n) is 6.21. The zero-order valence-electron chi connectivity index (χ0n) is 14.8. The summed E-state index contributed by atoms with van der Waals surface area (Å²) in [6.07, 6.45) is 0. The van der Waals surface area contributed by atoms with Gasteiger partial charge in [0, 0.05) is 21.4 Å². The number of halogens is 2. The summed E-state index contributed by atoms with van der Waals surface area (Å²) < 4.78 is 1.80. The van der Waals surface area contributed by atoms with Gasteiger partial charge in [-0.2, -0.15) is 5.10 Å². The van der Waals surface area contributed by atoms with E-state index in [0.717, 1.165) is 16.8 Å². The smallest absolute Gasteiger partial charge is 0.259 e. The number of nitrogens with zero attached hydrogens (tertiary/aromatic N) is 2. The van der Waals surface area contributed by atoms with Gasteiger partial charge in [0.2, 0.25) is 0 Å². The number of benzene rings is 2. The third-order valence-corrected chi connectivity index (χ3v) is 5.09. The largest absolute Gasteiger partial charge is 0.322 e. The van der Waals surface area contributed by atoms with Crippen molar-refractivity contribution in [1.82, 2.24) is 9.78 Å². The van der Waals surface area contributed by atoms with Gasteiger partial charge in [-0.3, -0.25) is 9.48 Å². The number of aryl methyl sites for hydroxylation is 2. The Morgan fingerprint density at radius 1 is 1.08 bits per heavy atom. The Hall–Kier alpha value is -2.30. The molecule has 0 unspecified atom stereocenters. The highest BCUT2D eigenvalue weighted by molar-refractivity contribution is 6.31. The first-order chi connectivity index (χ1) is 12.4. The van der Waals surface area contributed by atoms with Gasteiger partial charge in [-0.1, -0.05) is 47.5 Å². The SMILES string of the molecule is Cc1ccc(NC(=O)c2c(C)nn(Cc3ccccc3Cl)c2C)cc1Cl. The number of aromatic nitrogens is 2. The molecule has 0 saturated carbocycles. The highest BCUT2D eigenvalue weighted by Crippen LogP contribution is 2.23. The van der Waals surface area contributed by atoms with Crippen LogP contribution in [-0.2, 0) is 6.54 Å². The molecule has 1 amide bonds. The highest BCUT2D eigenvalue weighted by Gasteiger charge is 2.19. The van der Waals surface area contributed by atoms with E-state index >= 15 is 0 Å². The van der Waals surface area contributed by atoms with E-state index in [1.54, 1.807) is 10.7 Å². The summed E-state index contributed by atoms with van der Waals surface area (Å²) in [5.41, 5.74) is 4.60. The third kappa shape index (κ3) is 3.76. The van der Waals surface area contributed by atoms with Gasteiger partial charge >= 0.3 is 0 Å². The summed E-state index contributed by atoms with van der Waals surface area (Å²) >= 11 is 12.4. The van der Waals surface area contributed by atoms with E-state index in [4.69, 9.17) is 23.2 Å². The maximum atomic E-state index is 12.8. The van der Waals surface area contributed by atoms with Crippen LogP contribution >= 0.6 is 23.2 Å². The van der Waals surface area contributed by atoms with Gasteiger partial charge < -0.3 is 5.32 Å². The Morgan fingerprint density at radius 2 is 1.81 bits per heavy atom. The molecule has 0 fully saturated rings. The Kier molecular flexibility index (Phi) is 5.35. The van der Waals surface area contributed by atoms with Crippen LogP contribution in [0.5, 0.6) is 0 Å². The molecule has 0 aliphatic carbocycles. The molecule has 0 bridgehead atoms. The fourth-order valence-corrected chi connectivity index (χ4v) is 3.21. The maximum Gasteiger partial charge on any atom is 0.259 e. The predicted octanol–water partition coefficient (Wildman–Crippen LogP) is 5.42. The lowest BCUT2D eigenvalue weighted by Gasteiger charge is -2.09. The number of hydrogen-bond donors (Lipinski definition) is 1. The summed E-state index contributed by atoms with van der Waals surface area (Å²) in [6, 6.07) is 13.1. The molecular weight excluding hydrogens is 369 g/mol. The van der Waals surface area contributed by atoms with Crippen molar-refractivity contribution in [3.8, 4) is 0 Å². The Balaban J connectivity index is 1.86. The third-order valence-electron chi connectivity index (χ3n) is 4.32. The van der Waals surface area contributed by atoms with Crippen molar-refractivity contribution in [2.75, 3.05) is 5.32 Å². The van der Waals surface area contributed by atoms with Crippen molar-refractivity contribution in [2.24, 2.45) is 0 Å². The number of carbonyl (C=O) groups excluding carboxylic acids is 1. The van der Waals surface area contributed by atoms with Gasteiger partial charge in [-0.15, -0.1) is 0 Å². The number of rotatable bonds is 4. The van der Waals surface area contributed by atoms with Crippen LogP contribution in [0.4, 0.5) is 5.69 Å². The first-order valence-corrected chi connectivity index (χ1v) is 8.97. The number of amides is 1. The fraction of sp³-hybridized carbons (Fsp3) is 0.200. The number of carbonyl (C=O) groups is 1. The Labute approximate surface area is 162 Å². The zero-order valence-corrected chi connectivity index (χ0v) is 16.3. The van der Waals surface area contributed by atoms with Gasteiger partial charge in [0.25, 0.3) is 5.91 Å². The number of hydrogen-bond acceptors (Lipinski definition) is 2. The standard InChI is InChI=1S/C20H19Cl2N3O/c1-12-8-9-16(10-18(12)22)23-20(26)19-13(2)24-25(14(19)3)11-15-6-4-5-7-17(15)21/h4-10H,11H2,1-3H3,(H,23,26). The van der Waals surface area contributed by atoms with Gasteiger partial charge in [0.1, 0.15) is 0 Å². The van der Waals surface area contributed by atoms with Gasteiger partial charge in [-0.25, -0.2) is 0 Å². The average molecular weight is 388 g/mol. The van der Waals surface area contributed by atoms with Gasteiger partial charge in [0.05, 0.1) is 17.8 Å². The minimum atomic E-state index is -0.203. The lowest BCUT2D eigenvalue weighted by atomic mass is 10.1. The van der Waals surface area contributed by atoms with Crippen LogP contribution in [0.1, 0.15) is 32.9 Å². The molecule has 1 N–H and O–H groups in total. The molecule has 4 nitrogen and oxygen atoms in total. The molecular formula is C20H19Cl2N3O. The summed E-state index contributed by atoms with van der Waals surface area (Å²) in [7, 11) is 0. The Morgan fingerprint density at radius 3 is 2.50 bits per heavy atom. The zero-order chi connectivity index (χ0) is 18.8. The molecule has 2 aromatic carbocycles. The van der Waals surface area contributed by atoms with Crippen molar-refractivity contribution in [1.29, 1.82) is 0 Å². The first kappa shape index (κ1) is 18.5. The van der Waals surface area contributed by atoms with Crippen LogP contribution in [-0.4, -0.2) is 15.7 Å². The van der Waals surface area contributed by atoms with Crippen LogP contribution in [0, 0.1) is 20.8 Å². The van der Waals surface area contributed by atoms with Crippen molar-refractivity contribution in [2.45, 2.75) is 27.3 Å². The molecule has 3 aromatic rings. The summed E-state index contributed by atoms with van der Waals surface area (Å²) in [5, 5.41) is 8.70. The minimum Gasteiger partial charge on any atom is -0.322 e. The highest BCUT2D eigenvalue weighted by atomic mass is 35.5. The topological polar surface area (TPSA) is 46.9 Å². The molecule has 0 atom stereocenters. The Bertz CT molecular complexity index is 979. The molecule has 26 heavy (non-hydrogen) atoms. The van der Waals surface area contributed by atoms with Crippen LogP contribution in [0.15, 0.2) is 42.5 Å². The van der Waals surface area contributed by atoms with Crippen molar-refractivity contribution in [3.63, 3.8) is 0 Å². The average Bonchev–Trinajstić information content (AvgIpc) is 2.87. The van der Waals surface area contributed by atoms with E-state index in [1.807, 2.05) is 57.2 Å². The van der Waals surface area contributed by atoms with E-state index in [2.05, 4.69) is 10.4 Å². The number of anilines is 1. The normalized spacial score (nSPS) is 10.8. The molecule has 134 valence electrons. The minimum absolute atomic E-state index is 0.203. The molecule has 1 heterocycles. The molecule has 0 saturated heterocycles. The van der Waals surface area contributed by atoms with E-state index in [1.165, 1.54) is 0 Å².